The molecule has 0 unspecified atom stereocenters. The summed E-state index contributed by atoms with van der Waals surface area (Å²) in [6, 6.07) is 17.7. The summed E-state index contributed by atoms with van der Waals surface area (Å²) in [5.74, 6) is -1.55. The number of carboxylic acids is 1. The van der Waals surface area contributed by atoms with Gasteiger partial charge in [0.15, 0.2) is 0 Å². The Morgan fingerprint density at radius 3 is 2.10 bits per heavy atom. The average molecular weight is 417 g/mol. The first-order chi connectivity index (χ1) is 14.9. The molecule has 31 heavy (non-hydrogen) atoms. The van der Waals surface area contributed by atoms with Crippen LogP contribution < -0.4 is 4.90 Å². The van der Waals surface area contributed by atoms with Crippen LogP contribution in [-0.2, 0) is 4.74 Å². The molecule has 0 heterocycles. The quantitative estimate of drug-likeness (QED) is 0.411. The van der Waals surface area contributed by atoms with E-state index < -0.39 is 12.1 Å². The molecule has 0 aromatic heterocycles. The van der Waals surface area contributed by atoms with E-state index in [1.807, 2.05) is 0 Å². The largest absolute Gasteiger partial charge is 0.507 e. The zero-order valence-corrected chi connectivity index (χ0v) is 16.6. The minimum atomic E-state index is -1.09. The van der Waals surface area contributed by atoms with Gasteiger partial charge in [-0.25, -0.2) is 14.5 Å². The van der Waals surface area contributed by atoms with Gasteiger partial charge >= 0.3 is 12.1 Å². The maximum absolute atomic E-state index is 13.1. The number of ether oxygens (including phenoxy) is 1. The number of benzene rings is 4. The van der Waals surface area contributed by atoms with Gasteiger partial charge in [-0.05, 0) is 24.4 Å². The molecule has 156 valence electrons. The lowest BCUT2D eigenvalue weighted by molar-refractivity contribution is 0.0699. The van der Waals surface area contributed by atoms with Crippen molar-refractivity contribution < 1.29 is 29.6 Å². The van der Waals surface area contributed by atoms with Crippen LogP contribution in [0, 0.1) is 0 Å². The van der Waals surface area contributed by atoms with Crippen LogP contribution in [0.2, 0.25) is 0 Å². The van der Waals surface area contributed by atoms with Crippen LogP contribution in [0.4, 0.5) is 16.2 Å². The number of hydrogen-bond donors (Lipinski definition) is 3. The van der Waals surface area contributed by atoms with Crippen LogP contribution in [0.1, 0.15) is 17.3 Å². The minimum absolute atomic E-state index is 0.0861. The smallest absolute Gasteiger partial charge is 0.419 e. The second kappa shape index (κ2) is 7.87. The van der Waals surface area contributed by atoms with Crippen LogP contribution in [0.3, 0.4) is 0 Å². The summed E-state index contributed by atoms with van der Waals surface area (Å²) < 4.78 is 5.27. The van der Waals surface area contributed by atoms with E-state index in [0.717, 1.165) is 6.07 Å². The maximum atomic E-state index is 13.1. The van der Waals surface area contributed by atoms with Crippen molar-refractivity contribution in [2.45, 2.75) is 6.92 Å². The second-order valence-corrected chi connectivity index (χ2v) is 6.83. The third kappa shape index (κ3) is 3.36. The monoisotopic (exact) mass is 417 g/mol. The second-order valence-electron chi connectivity index (χ2n) is 6.83. The molecule has 0 aliphatic heterocycles. The SMILES string of the molecule is CCOC(=O)N(c1ccc(C(=O)O)c2ccccc12)c1c(O)cc(O)c2ccccc12. The summed E-state index contributed by atoms with van der Waals surface area (Å²) in [4.78, 5) is 26.0. The molecule has 0 atom stereocenters. The van der Waals surface area contributed by atoms with Gasteiger partial charge in [-0.1, -0.05) is 48.5 Å². The summed E-state index contributed by atoms with van der Waals surface area (Å²) >= 11 is 0. The highest BCUT2D eigenvalue weighted by Gasteiger charge is 2.28. The van der Waals surface area contributed by atoms with E-state index in [4.69, 9.17) is 4.74 Å². The fraction of sp³-hybridized carbons (Fsp3) is 0.0833. The topological polar surface area (TPSA) is 107 Å². The summed E-state index contributed by atoms with van der Waals surface area (Å²) in [5, 5.41) is 32.4. The summed E-state index contributed by atoms with van der Waals surface area (Å²) in [7, 11) is 0. The third-order valence-corrected chi connectivity index (χ3v) is 5.02. The predicted molar refractivity (Wildman–Crippen MR) is 117 cm³/mol. The van der Waals surface area contributed by atoms with Crippen molar-refractivity contribution in [2.75, 3.05) is 11.5 Å². The number of carbonyl (C=O) groups is 2. The average Bonchev–Trinajstić information content (AvgIpc) is 2.76. The van der Waals surface area contributed by atoms with Gasteiger partial charge in [0.2, 0.25) is 0 Å². The van der Waals surface area contributed by atoms with Crippen LogP contribution in [0.25, 0.3) is 21.5 Å². The summed E-state index contributed by atoms with van der Waals surface area (Å²) in [6.07, 6.45) is -0.748. The number of fused-ring (bicyclic) bond motifs is 2. The minimum Gasteiger partial charge on any atom is -0.507 e. The number of phenolic OH excluding ortho intramolecular Hbond substituents is 2. The zero-order chi connectivity index (χ0) is 22.1. The third-order valence-electron chi connectivity index (χ3n) is 5.02. The fourth-order valence-electron chi connectivity index (χ4n) is 3.72. The maximum Gasteiger partial charge on any atom is 0.419 e. The molecule has 4 rings (SSSR count). The van der Waals surface area contributed by atoms with Gasteiger partial charge in [0, 0.05) is 22.2 Å². The lowest BCUT2D eigenvalue weighted by atomic mass is 10.0. The lowest BCUT2D eigenvalue weighted by Gasteiger charge is -2.26. The number of hydrogen-bond acceptors (Lipinski definition) is 5. The number of rotatable bonds is 4. The summed E-state index contributed by atoms with van der Waals surface area (Å²) in [5.41, 5.74) is 0.549. The molecule has 7 nitrogen and oxygen atoms in total. The van der Waals surface area contributed by atoms with E-state index in [0.29, 0.717) is 27.2 Å². The highest BCUT2D eigenvalue weighted by Crippen LogP contribution is 2.45. The first-order valence-electron chi connectivity index (χ1n) is 9.59. The number of carbonyl (C=O) groups excluding carboxylic acids is 1. The van der Waals surface area contributed by atoms with Crippen LogP contribution >= 0.6 is 0 Å². The number of anilines is 2. The van der Waals surface area contributed by atoms with Crippen LogP contribution in [0.15, 0.2) is 66.7 Å². The van der Waals surface area contributed by atoms with Crippen LogP contribution in [0.5, 0.6) is 11.5 Å². The van der Waals surface area contributed by atoms with E-state index in [1.54, 1.807) is 55.5 Å². The Hall–Kier alpha value is -4.26. The molecule has 4 aromatic carbocycles. The van der Waals surface area contributed by atoms with Crippen molar-refractivity contribution in [3.63, 3.8) is 0 Å². The Balaban J connectivity index is 2.09. The first-order valence-corrected chi connectivity index (χ1v) is 9.59. The predicted octanol–water partition coefficient (Wildman–Crippen LogP) is 5.40. The fourth-order valence-corrected chi connectivity index (χ4v) is 3.72. The normalized spacial score (nSPS) is 10.9. The molecular formula is C24H19NO6. The molecule has 0 bridgehead atoms. The molecule has 0 radical (unpaired) electrons. The van der Waals surface area contributed by atoms with Crippen molar-refractivity contribution >= 4 is 45.0 Å². The van der Waals surface area contributed by atoms with Crippen molar-refractivity contribution in [1.82, 2.24) is 0 Å². The van der Waals surface area contributed by atoms with Gasteiger partial charge < -0.3 is 20.1 Å². The molecule has 1 amide bonds. The van der Waals surface area contributed by atoms with Gasteiger partial charge in [-0.3, -0.25) is 0 Å². The molecular weight excluding hydrogens is 398 g/mol. The zero-order valence-electron chi connectivity index (χ0n) is 16.6. The molecule has 0 aliphatic rings. The van der Waals surface area contributed by atoms with Gasteiger partial charge in [-0.15, -0.1) is 0 Å². The van der Waals surface area contributed by atoms with E-state index in [2.05, 4.69) is 0 Å². The standard InChI is InChI=1S/C24H19NO6/c1-2-31-24(30)25(22-17-10-6-5-9-16(17)20(26)13-21(22)27)19-12-11-18(23(28)29)14-7-3-4-8-15(14)19/h3-13,26-27H,2H2,1H3,(H,28,29). The Morgan fingerprint density at radius 2 is 1.45 bits per heavy atom. The summed E-state index contributed by atoms with van der Waals surface area (Å²) in [6.45, 7) is 1.76. The molecule has 0 fully saturated rings. The van der Waals surface area contributed by atoms with E-state index in [-0.39, 0.29) is 29.4 Å². The van der Waals surface area contributed by atoms with Gasteiger partial charge in [-0.2, -0.15) is 0 Å². The Labute approximate surface area is 177 Å². The Bertz CT molecular complexity index is 1330. The number of amides is 1. The number of aromatic hydroxyl groups is 2. The first kappa shape index (κ1) is 20.0. The molecule has 3 N–H and O–H groups in total. The van der Waals surface area contributed by atoms with Crippen molar-refractivity contribution in [2.24, 2.45) is 0 Å². The molecule has 0 aliphatic carbocycles. The molecule has 7 heteroatoms. The number of aromatic carboxylic acids is 1. The van der Waals surface area contributed by atoms with Crippen molar-refractivity contribution in [3.05, 3.63) is 72.3 Å². The van der Waals surface area contributed by atoms with Gasteiger partial charge in [0.05, 0.1) is 17.9 Å². The van der Waals surface area contributed by atoms with E-state index in [1.165, 1.54) is 17.0 Å². The lowest BCUT2D eigenvalue weighted by Crippen LogP contribution is -2.27. The molecule has 4 aromatic rings. The number of nitrogens with zero attached hydrogens (tertiary/aromatic N) is 1. The van der Waals surface area contributed by atoms with Crippen molar-refractivity contribution in [3.8, 4) is 11.5 Å². The van der Waals surface area contributed by atoms with E-state index >= 15 is 0 Å². The molecule has 0 spiro atoms. The Morgan fingerprint density at radius 1 is 0.839 bits per heavy atom. The molecule has 0 saturated heterocycles. The van der Waals surface area contributed by atoms with Gasteiger partial charge in [0.25, 0.3) is 0 Å². The number of carboxylic acid groups (broad SMARTS) is 1. The highest BCUT2D eigenvalue weighted by atomic mass is 16.6. The van der Waals surface area contributed by atoms with Crippen molar-refractivity contribution in [1.29, 1.82) is 0 Å². The van der Waals surface area contributed by atoms with Gasteiger partial charge in [0.1, 0.15) is 17.2 Å². The van der Waals surface area contributed by atoms with Crippen LogP contribution in [-0.4, -0.2) is 34.0 Å². The highest BCUT2D eigenvalue weighted by molar-refractivity contribution is 6.16. The Kier molecular flexibility index (Phi) is 5.09. The molecule has 0 saturated carbocycles. The van der Waals surface area contributed by atoms with E-state index in [9.17, 15) is 24.9 Å². The number of phenols is 2.